The third kappa shape index (κ3) is 2.69. The first-order chi connectivity index (χ1) is 9.31. The van der Waals surface area contributed by atoms with Gasteiger partial charge in [-0.15, -0.1) is 10.2 Å². The van der Waals surface area contributed by atoms with Gasteiger partial charge in [-0.1, -0.05) is 12.1 Å². The minimum Gasteiger partial charge on any atom is -0.478 e. The van der Waals surface area contributed by atoms with Crippen molar-refractivity contribution in [3.05, 3.63) is 41.2 Å². The van der Waals surface area contributed by atoms with E-state index in [0.29, 0.717) is 11.1 Å². The molecule has 1 N–H and O–H groups in total. The molecule has 8 heteroatoms. The average molecular weight is 295 g/mol. The predicted octanol–water partition coefficient (Wildman–Crippen LogP) is 0.796. The molecule has 20 heavy (non-hydrogen) atoms. The van der Waals surface area contributed by atoms with Crippen molar-refractivity contribution in [3.8, 4) is 0 Å². The van der Waals surface area contributed by atoms with Crippen LogP contribution in [0.15, 0.2) is 29.7 Å². The summed E-state index contributed by atoms with van der Waals surface area (Å²) in [6.07, 6.45) is 1.31. The number of nitrogens with zero attached hydrogens (tertiary/aromatic N) is 3. The van der Waals surface area contributed by atoms with E-state index in [1.165, 1.54) is 23.0 Å². The molecule has 0 radical (unpaired) electrons. The van der Waals surface area contributed by atoms with Crippen LogP contribution in [0.4, 0.5) is 0 Å². The summed E-state index contributed by atoms with van der Waals surface area (Å²) in [4.78, 5) is 10.9. The summed E-state index contributed by atoms with van der Waals surface area (Å²) in [5.41, 5.74) is 1.18. The predicted molar refractivity (Wildman–Crippen MR) is 70.0 cm³/mol. The number of benzene rings is 1. The number of carboxylic acids is 1. The van der Waals surface area contributed by atoms with E-state index in [2.05, 4.69) is 10.2 Å². The number of hydrogen-bond acceptors (Lipinski definition) is 5. The topological polar surface area (TPSA) is 102 Å². The molecule has 0 saturated carbocycles. The molecule has 0 aliphatic heterocycles. The molecule has 1 aromatic carbocycles. The first kappa shape index (κ1) is 14.2. The molecule has 2 aromatic rings. The zero-order valence-electron chi connectivity index (χ0n) is 10.9. The van der Waals surface area contributed by atoms with Crippen molar-refractivity contribution in [2.75, 3.05) is 0 Å². The third-order valence-electron chi connectivity index (χ3n) is 2.83. The van der Waals surface area contributed by atoms with Crippen LogP contribution in [0.2, 0.25) is 0 Å². The standard InChI is InChI=1S/C12H13N3O4S/c1-8-5-9(3-4-10(8)11(16)17)6-20(18,19)12-14-13-7-15(12)2/h3-5,7H,6H2,1-2H3,(H,16,17). The van der Waals surface area contributed by atoms with Crippen LogP contribution in [-0.2, 0) is 22.6 Å². The zero-order chi connectivity index (χ0) is 14.9. The van der Waals surface area contributed by atoms with Crippen molar-refractivity contribution in [3.63, 3.8) is 0 Å². The summed E-state index contributed by atoms with van der Waals surface area (Å²) in [7, 11) is -2.06. The molecule has 0 spiro atoms. The van der Waals surface area contributed by atoms with Crippen LogP contribution in [0.5, 0.6) is 0 Å². The molecule has 2 rings (SSSR count). The molecule has 0 amide bonds. The summed E-state index contributed by atoms with van der Waals surface area (Å²) < 4.78 is 25.7. The van der Waals surface area contributed by atoms with Gasteiger partial charge in [0.05, 0.1) is 11.3 Å². The summed E-state index contributed by atoms with van der Waals surface area (Å²) in [5.74, 6) is -1.29. The molecule has 106 valence electrons. The first-order valence-electron chi connectivity index (χ1n) is 5.71. The summed E-state index contributed by atoms with van der Waals surface area (Å²) in [6, 6.07) is 4.45. The van der Waals surface area contributed by atoms with Gasteiger partial charge in [-0.05, 0) is 24.1 Å². The maximum atomic E-state index is 12.2. The number of aromatic carboxylic acids is 1. The number of carbonyl (C=O) groups is 1. The Hall–Kier alpha value is -2.22. The summed E-state index contributed by atoms with van der Waals surface area (Å²) in [5, 5.41) is 15.9. The van der Waals surface area contributed by atoms with Crippen molar-refractivity contribution in [1.82, 2.24) is 14.8 Å². The van der Waals surface area contributed by atoms with Crippen molar-refractivity contribution in [2.24, 2.45) is 7.05 Å². The fourth-order valence-electron chi connectivity index (χ4n) is 1.89. The van der Waals surface area contributed by atoms with Gasteiger partial charge in [0, 0.05) is 7.05 Å². The fourth-order valence-corrected chi connectivity index (χ4v) is 3.30. The molecule has 0 aliphatic carbocycles. The largest absolute Gasteiger partial charge is 0.478 e. The Labute approximate surface area is 115 Å². The lowest BCUT2D eigenvalue weighted by Gasteiger charge is -2.06. The molecule has 7 nitrogen and oxygen atoms in total. The van der Waals surface area contributed by atoms with Crippen LogP contribution in [-0.4, -0.2) is 34.3 Å². The van der Waals surface area contributed by atoms with Crippen LogP contribution in [0.3, 0.4) is 0 Å². The molecule has 0 atom stereocenters. The van der Waals surface area contributed by atoms with E-state index in [0.717, 1.165) is 0 Å². The zero-order valence-corrected chi connectivity index (χ0v) is 11.8. The van der Waals surface area contributed by atoms with Gasteiger partial charge < -0.3 is 9.67 Å². The van der Waals surface area contributed by atoms with Crippen LogP contribution >= 0.6 is 0 Å². The highest BCUT2D eigenvalue weighted by Crippen LogP contribution is 2.17. The maximum absolute atomic E-state index is 12.2. The number of aryl methyl sites for hydroxylation is 2. The highest BCUT2D eigenvalue weighted by atomic mass is 32.2. The molecular weight excluding hydrogens is 282 g/mol. The Morgan fingerprint density at radius 3 is 2.60 bits per heavy atom. The van der Waals surface area contributed by atoms with E-state index in [1.54, 1.807) is 20.0 Å². The Kier molecular flexibility index (Phi) is 3.58. The molecule has 0 unspecified atom stereocenters. The molecular formula is C12H13N3O4S. The lowest BCUT2D eigenvalue weighted by molar-refractivity contribution is 0.0696. The van der Waals surface area contributed by atoms with Crippen molar-refractivity contribution < 1.29 is 18.3 Å². The Morgan fingerprint density at radius 1 is 1.40 bits per heavy atom. The first-order valence-corrected chi connectivity index (χ1v) is 7.36. The van der Waals surface area contributed by atoms with Gasteiger partial charge in [0.25, 0.3) is 0 Å². The normalized spacial score (nSPS) is 11.5. The Morgan fingerprint density at radius 2 is 2.10 bits per heavy atom. The fraction of sp³-hybridized carbons (Fsp3) is 0.250. The average Bonchev–Trinajstić information content (AvgIpc) is 2.75. The second-order valence-electron chi connectivity index (χ2n) is 4.44. The molecule has 0 aliphatic rings. The summed E-state index contributed by atoms with van der Waals surface area (Å²) in [6.45, 7) is 1.63. The van der Waals surface area contributed by atoms with E-state index >= 15 is 0 Å². The van der Waals surface area contributed by atoms with Crippen LogP contribution in [0, 0.1) is 6.92 Å². The molecule has 1 heterocycles. The van der Waals surface area contributed by atoms with Crippen molar-refractivity contribution >= 4 is 15.8 Å². The van der Waals surface area contributed by atoms with Crippen molar-refractivity contribution in [1.29, 1.82) is 0 Å². The van der Waals surface area contributed by atoms with Gasteiger partial charge in [-0.25, -0.2) is 13.2 Å². The van der Waals surface area contributed by atoms with E-state index in [1.807, 2.05) is 0 Å². The minimum atomic E-state index is -3.61. The second kappa shape index (κ2) is 5.04. The second-order valence-corrected chi connectivity index (χ2v) is 6.32. The molecule has 0 bridgehead atoms. The number of carboxylic acid groups (broad SMARTS) is 1. The SMILES string of the molecule is Cc1cc(CS(=O)(=O)c2nncn2C)ccc1C(=O)O. The molecule has 1 aromatic heterocycles. The lowest BCUT2D eigenvalue weighted by Crippen LogP contribution is -2.11. The van der Waals surface area contributed by atoms with E-state index in [-0.39, 0.29) is 16.5 Å². The molecule has 0 fully saturated rings. The highest BCUT2D eigenvalue weighted by molar-refractivity contribution is 7.90. The maximum Gasteiger partial charge on any atom is 0.335 e. The van der Waals surface area contributed by atoms with Gasteiger partial charge in [0.15, 0.2) is 0 Å². The Bertz CT molecular complexity index is 765. The number of rotatable bonds is 4. The van der Waals surface area contributed by atoms with Gasteiger partial charge in [0.2, 0.25) is 15.0 Å². The van der Waals surface area contributed by atoms with Gasteiger partial charge in [0.1, 0.15) is 6.33 Å². The third-order valence-corrected chi connectivity index (χ3v) is 4.47. The van der Waals surface area contributed by atoms with Crippen LogP contribution in [0.1, 0.15) is 21.5 Å². The van der Waals surface area contributed by atoms with Crippen LogP contribution < -0.4 is 0 Å². The van der Waals surface area contributed by atoms with E-state index < -0.39 is 15.8 Å². The van der Waals surface area contributed by atoms with E-state index in [9.17, 15) is 13.2 Å². The van der Waals surface area contributed by atoms with Gasteiger partial charge in [-0.3, -0.25) is 0 Å². The smallest absolute Gasteiger partial charge is 0.335 e. The van der Waals surface area contributed by atoms with Crippen molar-refractivity contribution in [2.45, 2.75) is 17.8 Å². The highest BCUT2D eigenvalue weighted by Gasteiger charge is 2.21. The van der Waals surface area contributed by atoms with Gasteiger partial charge in [-0.2, -0.15) is 0 Å². The quantitative estimate of drug-likeness (QED) is 0.895. The van der Waals surface area contributed by atoms with Crippen LogP contribution in [0.25, 0.3) is 0 Å². The van der Waals surface area contributed by atoms with E-state index in [4.69, 9.17) is 5.11 Å². The summed E-state index contributed by atoms with van der Waals surface area (Å²) >= 11 is 0. The monoisotopic (exact) mass is 295 g/mol. The lowest BCUT2D eigenvalue weighted by atomic mass is 10.1. The Balaban J connectivity index is 2.33. The minimum absolute atomic E-state index is 0.113. The molecule has 0 saturated heterocycles. The number of hydrogen-bond donors (Lipinski definition) is 1. The van der Waals surface area contributed by atoms with Gasteiger partial charge >= 0.3 is 5.97 Å². The number of aromatic nitrogens is 3. The number of sulfone groups is 1.